The number of nitrogens with zero attached hydrogens (tertiary/aromatic N) is 2. The lowest BCUT2D eigenvalue weighted by molar-refractivity contribution is 0.174. The SMILES string of the molecule is COCCC(CO)Nc1cccc2nccn12. The van der Waals surface area contributed by atoms with Crippen molar-refractivity contribution in [2.24, 2.45) is 0 Å². The largest absolute Gasteiger partial charge is 0.394 e. The molecule has 0 bridgehead atoms. The topological polar surface area (TPSA) is 58.8 Å². The van der Waals surface area contributed by atoms with E-state index < -0.39 is 0 Å². The first-order chi connectivity index (χ1) is 8.35. The number of aliphatic hydroxyl groups is 1. The summed E-state index contributed by atoms with van der Waals surface area (Å²) in [6.07, 6.45) is 4.41. The molecule has 0 aliphatic rings. The van der Waals surface area contributed by atoms with Crippen molar-refractivity contribution >= 4 is 11.5 Å². The number of methoxy groups -OCH3 is 1. The van der Waals surface area contributed by atoms with Crippen LogP contribution in [0.25, 0.3) is 5.65 Å². The van der Waals surface area contributed by atoms with Gasteiger partial charge in [0.1, 0.15) is 11.5 Å². The molecule has 92 valence electrons. The van der Waals surface area contributed by atoms with E-state index in [2.05, 4.69) is 10.3 Å². The first kappa shape index (κ1) is 11.9. The van der Waals surface area contributed by atoms with E-state index in [0.29, 0.717) is 6.61 Å². The summed E-state index contributed by atoms with van der Waals surface area (Å²) in [5.74, 6) is 0.926. The molecular formula is C12H17N3O2. The lowest BCUT2D eigenvalue weighted by atomic mass is 10.2. The summed E-state index contributed by atoms with van der Waals surface area (Å²) < 4.78 is 6.97. The average molecular weight is 235 g/mol. The van der Waals surface area contributed by atoms with Crippen LogP contribution >= 0.6 is 0 Å². The zero-order valence-corrected chi connectivity index (χ0v) is 9.84. The molecule has 1 unspecified atom stereocenters. The minimum atomic E-state index is -0.0112. The number of ether oxygens (including phenoxy) is 1. The second-order valence-corrected chi connectivity index (χ2v) is 3.87. The molecule has 2 aromatic rings. The summed E-state index contributed by atoms with van der Waals surface area (Å²) in [4.78, 5) is 4.21. The van der Waals surface area contributed by atoms with Gasteiger partial charge in [-0.25, -0.2) is 4.98 Å². The number of imidazole rings is 1. The predicted molar refractivity (Wildman–Crippen MR) is 66.2 cm³/mol. The van der Waals surface area contributed by atoms with E-state index in [4.69, 9.17) is 4.74 Å². The van der Waals surface area contributed by atoms with Crippen LogP contribution in [0.15, 0.2) is 30.6 Å². The summed E-state index contributed by atoms with van der Waals surface area (Å²) in [5, 5.41) is 12.6. The highest BCUT2D eigenvalue weighted by atomic mass is 16.5. The van der Waals surface area contributed by atoms with Crippen LogP contribution < -0.4 is 5.32 Å². The standard InChI is InChI=1S/C12H17N3O2/c1-17-8-5-10(9-16)14-12-4-2-3-11-13-6-7-15(11)12/h2-4,6-7,10,14,16H,5,8-9H2,1H3. The minimum absolute atomic E-state index is 0.0112. The molecule has 5 heteroatoms. The fourth-order valence-corrected chi connectivity index (χ4v) is 1.74. The molecular weight excluding hydrogens is 218 g/mol. The number of aromatic nitrogens is 2. The predicted octanol–water partition coefficient (Wildman–Crippen LogP) is 1.14. The summed E-state index contributed by atoms with van der Waals surface area (Å²) in [7, 11) is 1.66. The second-order valence-electron chi connectivity index (χ2n) is 3.87. The van der Waals surface area contributed by atoms with E-state index in [1.54, 1.807) is 13.3 Å². The van der Waals surface area contributed by atoms with E-state index in [1.807, 2.05) is 28.8 Å². The monoisotopic (exact) mass is 235 g/mol. The van der Waals surface area contributed by atoms with E-state index in [9.17, 15) is 5.11 Å². The van der Waals surface area contributed by atoms with Crippen molar-refractivity contribution in [2.45, 2.75) is 12.5 Å². The van der Waals surface area contributed by atoms with Gasteiger partial charge in [-0.1, -0.05) is 6.07 Å². The Kier molecular flexibility index (Phi) is 3.95. The molecule has 0 saturated heterocycles. The van der Waals surface area contributed by atoms with Crippen LogP contribution in [0.5, 0.6) is 0 Å². The third-order valence-corrected chi connectivity index (χ3v) is 2.67. The van der Waals surface area contributed by atoms with Gasteiger partial charge < -0.3 is 15.2 Å². The van der Waals surface area contributed by atoms with Crippen molar-refractivity contribution in [3.8, 4) is 0 Å². The maximum atomic E-state index is 9.29. The Morgan fingerprint density at radius 3 is 3.18 bits per heavy atom. The van der Waals surface area contributed by atoms with Gasteiger partial charge in [-0.05, 0) is 18.6 Å². The van der Waals surface area contributed by atoms with Gasteiger partial charge in [0.2, 0.25) is 0 Å². The summed E-state index contributed by atoms with van der Waals surface area (Å²) in [6.45, 7) is 0.701. The zero-order valence-electron chi connectivity index (χ0n) is 9.84. The maximum Gasteiger partial charge on any atom is 0.138 e. The quantitative estimate of drug-likeness (QED) is 0.788. The molecule has 2 aromatic heterocycles. The van der Waals surface area contributed by atoms with E-state index in [-0.39, 0.29) is 12.6 Å². The average Bonchev–Trinajstić information content (AvgIpc) is 2.83. The van der Waals surface area contributed by atoms with Crippen LogP contribution in [0.4, 0.5) is 5.82 Å². The van der Waals surface area contributed by atoms with Crippen LogP contribution in [0.2, 0.25) is 0 Å². The molecule has 0 fully saturated rings. The number of pyridine rings is 1. The van der Waals surface area contributed by atoms with E-state index >= 15 is 0 Å². The number of anilines is 1. The lowest BCUT2D eigenvalue weighted by Crippen LogP contribution is -2.26. The Bertz CT molecular complexity index is 469. The highest BCUT2D eigenvalue weighted by Gasteiger charge is 2.08. The van der Waals surface area contributed by atoms with Crippen LogP contribution in [-0.2, 0) is 4.74 Å². The fraction of sp³-hybridized carbons (Fsp3) is 0.417. The molecule has 0 spiro atoms. The van der Waals surface area contributed by atoms with Gasteiger partial charge in [-0.3, -0.25) is 4.40 Å². The molecule has 1 atom stereocenters. The van der Waals surface area contributed by atoms with Gasteiger partial charge >= 0.3 is 0 Å². The number of rotatable bonds is 6. The van der Waals surface area contributed by atoms with Gasteiger partial charge in [0, 0.05) is 26.1 Å². The molecule has 0 saturated carbocycles. The highest BCUT2D eigenvalue weighted by Crippen LogP contribution is 2.12. The van der Waals surface area contributed by atoms with E-state index in [0.717, 1.165) is 17.9 Å². The number of aliphatic hydroxyl groups excluding tert-OH is 1. The van der Waals surface area contributed by atoms with Gasteiger partial charge in [0.05, 0.1) is 12.6 Å². The molecule has 2 heterocycles. The molecule has 0 amide bonds. The number of hydrogen-bond acceptors (Lipinski definition) is 4. The van der Waals surface area contributed by atoms with Crippen LogP contribution in [0.1, 0.15) is 6.42 Å². The molecule has 0 aromatic carbocycles. The Balaban J connectivity index is 2.13. The zero-order chi connectivity index (χ0) is 12.1. The third-order valence-electron chi connectivity index (χ3n) is 2.67. The maximum absolute atomic E-state index is 9.29. The molecule has 0 aliphatic carbocycles. The van der Waals surface area contributed by atoms with Crippen LogP contribution in [-0.4, -0.2) is 40.9 Å². The van der Waals surface area contributed by atoms with Gasteiger partial charge in [0.25, 0.3) is 0 Å². The molecule has 5 nitrogen and oxygen atoms in total. The Hall–Kier alpha value is -1.59. The van der Waals surface area contributed by atoms with E-state index in [1.165, 1.54) is 0 Å². The van der Waals surface area contributed by atoms with Crippen molar-refractivity contribution in [3.05, 3.63) is 30.6 Å². The van der Waals surface area contributed by atoms with Gasteiger partial charge in [-0.2, -0.15) is 0 Å². The lowest BCUT2D eigenvalue weighted by Gasteiger charge is -2.18. The normalized spacial score (nSPS) is 12.8. The molecule has 0 aliphatic heterocycles. The fourth-order valence-electron chi connectivity index (χ4n) is 1.74. The molecule has 2 rings (SSSR count). The van der Waals surface area contributed by atoms with Gasteiger partial charge in [-0.15, -0.1) is 0 Å². The molecule has 0 radical (unpaired) electrons. The number of hydrogen-bond donors (Lipinski definition) is 2. The first-order valence-electron chi connectivity index (χ1n) is 5.63. The van der Waals surface area contributed by atoms with Crippen LogP contribution in [0.3, 0.4) is 0 Å². The minimum Gasteiger partial charge on any atom is -0.394 e. The summed E-state index contributed by atoms with van der Waals surface area (Å²) in [5.41, 5.74) is 0.887. The second kappa shape index (κ2) is 5.65. The highest BCUT2D eigenvalue weighted by molar-refractivity contribution is 5.50. The Morgan fingerprint density at radius 1 is 1.53 bits per heavy atom. The smallest absolute Gasteiger partial charge is 0.138 e. The third kappa shape index (κ3) is 2.75. The Morgan fingerprint density at radius 2 is 2.41 bits per heavy atom. The number of nitrogens with one attached hydrogen (secondary N) is 1. The summed E-state index contributed by atoms with van der Waals surface area (Å²) in [6, 6.07) is 5.83. The number of fused-ring (bicyclic) bond motifs is 1. The first-order valence-corrected chi connectivity index (χ1v) is 5.63. The van der Waals surface area contributed by atoms with Gasteiger partial charge in [0.15, 0.2) is 0 Å². The molecule has 17 heavy (non-hydrogen) atoms. The van der Waals surface area contributed by atoms with Crippen molar-refractivity contribution in [1.82, 2.24) is 9.38 Å². The van der Waals surface area contributed by atoms with Crippen LogP contribution in [0, 0.1) is 0 Å². The van der Waals surface area contributed by atoms with Crippen molar-refractivity contribution in [1.29, 1.82) is 0 Å². The Labute approximate surface area is 100 Å². The van der Waals surface area contributed by atoms with Crippen molar-refractivity contribution in [3.63, 3.8) is 0 Å². The summed E-state index contributed by atoms with van der Waals surface area (Å²) >= 11 is 0. The van der Waals surface area contributed by atoms with Crippen molar-refractivity contribution < 1.29 is 9.84 Å². The van der Waals surface area contributed by atoms with Crippen molar-refractivity contribution in [2.75, 3.05) is 25.6 Å². The molecule has 2 N–H and O–H groups in total.